The van der Waals surface area contributed by atoms with Gasteiger partial charge in [0, 0.05) is 193 Å². The van der Waals surface area contributed by atoms with E-state index in [9.17, 15) is 0 Å². The fourth-order valence-corrected chi connectivity index (χ4v) is 3.95. The van der Waals surface area contributed by atoms with Crippen LogP contribution >= 0.6 is 0 Å². The maximum Gasteiger partial charge on any atom is 2.00 e. The zero-order valence-electron chi connectivity index (χ0n) is 62.4. The molecule has 98 heavy (non-hydrogen) atoms. The molecule has 572 valence electrons. The average molecular weight is 1980 g/mol. The minimum atomic E-state index is -0.00104. The Hall–Kier alpha value is -4.53. The molecular formula is C77H118N14Pd7-6. The molecule has 7 heterocycles. The summed E-state index contributed by atoms with van der Waals surface area (Å²) in [4.78, 5) is 52.0. The van der Waals surface area contributed by atoms with Crippen LogP contribution in [0.15, 0.2) is 244 Å². The number of aromatic nitrogens is 7. The summed E-state index contributed by atoms with van der Waals surface area (Å²) in [6.45, 7) is 64.7. The Bertz CT molecular complexity index is 2690. The molecule has 0 amide bonds. The molecule has 7 aromatic rings. The molecule has 0 fully saturated rings. The minimum absolute atomic E-state index is 0. The second-order valence-corrected chi connectivity index (χ2v) is 21.2. The van der Waals surface area contributed by atoms with Crippen LogP contribution in [0.3, 0.4) is 0 Å². The normalized spacial score (nSPS) is 8.88. The van der Waals surface area contributed by atoms with Gasteiger partial charge in [-0.3, -0.25) is 30.0 Å². The molecule has 0 aliphatic heterocycles. The smallest absolute Gasteiger partial charge is 0.812 e. The van der Waals surface area contributed by atoms with Gasteiger partial charge in [0.1, 0.15) is 0 Å². The summed E-state index contributed by atoms with van der Waals surface area (Å²) >= 11 is 0. The van der Waals surface area contributed by atoms with Crippen molar-refractivity contribution < 1.29 is 143 Å². The van der Waals surface area contributed by atoms with Gasteiger partial charge in [0.25, 0.3) is 0 Å². The van der Waals surface area contributed by atoms with E-state index in [1.54, 1.807) is 101 Å². The van der Waals surface area contributed by atoms with Crippen molar-refractivity contribution in [3.63, 3.8) is 0 Å². The van der Waals surface area contributed by atoms with Crippen LogP contribution in [-0.4, -0.2) is 82.3 Å². The minimum Gasteiger partial charge on any atom is -0.812 e. The van der Waals surface area contributed by atoms with Crippen molar-refractivity contribution in [2.24, 2.45) is 30.0 Å². The van der Waals surface area contributed by atoms with Gasteiger partial charge in [0.2, 0.25) is 0 Å². The Kier molecular flexibility index (Phi) is 128. The van der Waals surface area contributed by atoms with Crippen molar-refractivity contribution in [3.8, 4) is 0 Å². The summed E-state index contributed by atoms with van der Waals surface area (Å²) in [6.07, 6.45) is 30.8. The summed E-state index contributed by atoms with van der Waals surface area (Å²) in [5.74, 6) is 0. The largest absolute Gasteiger partial charge is 2.00 e. The maximum absolute atomic E-state index is 8.24. The monoisotopic (exact) mass is 1980 g/mol. The first-order valence-electron chi connectivity index (χ1n) is 30.3. The van der Waals surface area contributed by atoms with Gasteiger partial charge in [0.15, 0.2) is 0 Å². The third-order valence-electron chi connectivity index (χ3n) is 7.34. The average Bonchev–Trinajstić information content (AvgIpc) is 3.34. The molecule has 0 atom stereocenters. The summed E-state index contributed by atoms with van der Waals surface area (Å²) in [5.41, 5.74) is 12.1. The first-order valence-corrected chi connectivity index (χ1v) is 30.3. The van der Waals surface area contributed by atoms with E-state index >= 15 is 0 Å². The van der Waals surface area contributed by atoms with Gasteiger partial charge in [-0.05, 0) is 130 Å². The number of hydrogen-bond donors (Lipinski definition) is 0. The third-order valence-corrected chi connectivity index (χ3v) is 7.34. The second-order valence-electron chi connectivity index (χ2n) is 21.2. The fraction of sp³-hybridized carbons (Fsp3) is 0.364. The number of nitrogens with zero attached hydrogens (tertiary/aromatic N) is 14. The Morgan fingerprint density at radius 3 is 0.816 bits per heavy atom. The molecule has 0 saturated carbocycles. The SMILES string of the molecule is C=C(C)C.C=C(C)C.C=C(C)C.C=C(C)C.C=C(C)C.C=CCC.C=CCC.CC(C)(C)N=Cc1ccc[n-]1.CC(C)N=Cc1ccc[n-]1.CCCN=Cc1ccc[n-]1.CCN=Cc1ccc[n-]1.CN=Cc1ccc[n-]1.CN=Cc1ccc[n-]1.[N-]=Cc1ccc[n-]1.[Pd+2].[Pd].[Pd].[Pd].[Pd].[Pd].[Pd]. The molecule has 0 aliphatic rings. The molecule has 0 radical (unpaired) electrons. The van der Waals surface area contributed by atoms with Gasteiger partial charge in [-0.25, -0.2) is 6.21 Å². The molecule has 0 unspecified atom stereocenters. The van der Waals surface area contributed by atoms with Gasteiger partial charge < -0.3 is 40.3 Å². The van der Waals surface area contributed by atoms with E-state index in [1.165, 1.54) is 27.9 Å². The first-order chi connectivity index (χ1) is 43.0. The molecular weight excluding hydrogens is 1870 g/mol. The van der Waals surface area contributed by atoms with Crippen LogP contribution in [0.2, 0.25) is 0 Å². The Balaban J connectivity index is -0.0000000653. The molecule has 0 aliphatic carbocycles. The molecule has 0 spiro atoms. The van der Waals surface area contributed by atoms with E-state index in [-0.39, 0.29) is 148 Å². The van der Waals surface area contributed by atoms with Crippen molar-refractivity contribution in [2.75, 3.05) is 27.2 Å². The number of allylic oxidation sites excluding steroid dienone is 7. The zero-order chi connectivity index (χ0) is 70.9. The van der Waals surface area contributed by atoms with E-state index in [0.29, 0.717) is 11.7 Å². The van der Waals surface area contributed by atoms with Gasteiger partial charge in [-0.2, -0.15) is 49.1 Å². The zero-order valence-corrected chi connectivity index (χ0v) is 73.2. The predicted octanol–water partition coefficient (Wildman–Crippen LogP) is 19.0. The molecule has 0 saturated heterocycles. The van der Waals surface area contributed by atoms with Gasteiger partial charge in [-0.1, -0.05) is 146 Å². The third kappa shape index (κ3) is 135. The van der Waals surface area contributed by atoms with Crippen LogP contribution in [-0.2, 0) is 143 Å². The fourth-order valence-electron chi connectivity index (χ4n) is 3.95. The molecule has 7 rings (SSSR count). The standard InChI is InChI=1S/C9H13N2.2C8H11N2.C7H9N2.2C6H7N2.C5H4N2.7C4H8.7Pd/c1-9(2,3)11-7-8-5-4-6-10-8;1-7(2)10-6-8-4-3-5-9-8;1-2-5-9-7-8-4-3-6-10-8;1-2-8-6-7-4-3-5-9-7;2*1-7-5-6-3-2-4-8-6;6-4-5-2-1-3-7-5;5*1-4(2)3;2*1-3-4-2;;;;;;;/h4-7H,1-3H3;3-7H,1-2H3;3-4,6-7H,2,5H2,1H3;3-6H,2H2,1H3;2*2-5H,1H3;1-4H;5*1H2,2-3H3;2*3H,1,4H2,2H3;;;;;;;/q6*-1;-2;;;;;;;;;;;;;;+2. The Labute approximate surface area is 693 Å². The van der Waals surface area contributed by atoms with E-state index in [2.05, 4.69) is 152 Å². The van der Waals surface area contributed by atoms with Crippen molar-refractivity contribution in [1.82, 2.24) is 34.9 Å². The molecule has 0 aromatic carbocycles. The van der Waals surface area contributed by atoms with Crippen LogP contribution in [0.4, 0.5) is 0 Å². The van der Waals surface area contributed by atoms with Crippen molar-refractivity contribution >= 4 is 43.5 Å². The van der Waals surface area contributed by atoms with Gasteiger partial charge in [0.05, 0.1) is 5.54 Å². The van der Waals surface area contributed by atoms with Crippen molar-refractivity contribution in [3.05, 3.63) is 260 Å². The van der Waals surface area contributed by atoms with Gasteiger partial charge in [-0.15, -0.1) is 80.2 Å². The van der Waals surface area contributed by atoms with E-state index in [0.717, 1.165) is 72.7 Å². The molecule has 7 aromatic heterocycles. The van der Waals surface area contributed by atoms with E-state index < -0.39 is 0 Å². The number of rotatable bonds is 13. The topological polar surface area (TPSA) is 195 Å². The van der Waals surface area contributed by atoms with Gasteiger partial charge >= 0.3 is 20.4 Å². The summed E-state index contributed by atoms with van der Waals surface area (Å²) in [5, 5.41) is 8.24. The molecule has 14 nitrogen and oxygen atoms in total. The molecule has 0 N–H and O–H groups in total. The first kappa shape index (κ1) is 127. The summed E-state index contributed by atoms with van der Waals surface area (Å²) < 4.78 is 0. The van der Waals surface area contributed by atoms with Crippen LogP contribution in [0.5, 0.6) is 0 Å². The quantitative estimate of drug-likeness (QED) is 0.0622. The van der Waals surface area contributed by atoms with Crippen LogP contribution in [0.1, 0.15) is 191 Å². The maximum atomic E-state index is 8.24. The van der Waals surface area contributed by atoms with Crippen molar-refractivity contribution in [1.29, 1.82) is 0 Å². The Morgan fingerprint density at radius 1 is 0.418 bits per heavy atom. The van der Waals surface area contributed by atoms with Crippen LogP contribution < -0.4 is 34.9 Å². The molecule has 0 bridgehead atoms. The number of aliphatic imine (C=N–C) groups is 6. The second kappa shape index (κ2) is 98.8. The predicted molar refractivity (Wildman–Crippen MR) is 408 cm³/mol. The summed E-state index contributed by atoms with van der Waals surface area (Å²) in [7, 11) is 3.46. The number of hydrogen-bond acceptors (Lipinski definition) is 6. The van der Waals surface area contributed by atoms with Crippen LogP contribution in [0, 0.1) is 0 Å². The summed E-state index contributed by atoms with van der Waals surface area (Å²) in [6, 6.07) is 26.8. The van der Waals surface area contributed by atoms with Crippen molar-refractivity contribution in [2.45, 2.75) is 162 Å². The molecule has 21 heteroatoms. The van der Waals surface area contributed by atoms with E-state index in [4.69, 9.17) is 5.41 Å². The Morgan fingerprint density at radius 2 is 0.643 bits per heavy atom. The van der Waals surface area contributed by atoms with E-state index in [1.807, 2.05) is 181 Å². The van der Waals surface area contributed by atoms with Crippen LogP contribution in [0.25, 0.3) is 5.41 Å².